The fraction of sp³-hybridized carbons (Fsp3) is 0.417. The van der Waals surface area contributed by atoms with Crippen LogP contribution < -0.4 is 0 Å². The molecule has 0 spiro atoms. The quantitative estimate of drug-likeness (QED) is 0.745. The second-order valence-corrected chi connectivity index (χ2v) is 3.90. The first-order chi connectivity index (χ1) is 9.24. The van der Waals surface area contributed by atoms with E-state index in [1.807, 2.05) is 0 Å². The number of methoxy groups -OCH3 is 1. The Balaban J connectivity index is 2.08. The van der Waals surface area contributed by atoms with Crippen LogP contribution in [0.1, 0.15) is 10.4 Å². The predicted molar refractivity (Wildman–Crippen MR) is 67.2 cm³/mol. The molecule has 0 bridgehead atoms. The molecule has 102 valence electrons. The molecular weight excluding hydrogens is 250 g/mol. The van der Waals surface area contributed by atoms with E-state index in [1.54, 1.807) is 23.9 Å². The number of aromatic carboxylic acids is 1. The lowest BCUT2D eigenvalue weighted by Crippen LogP contribution is -2.10. The molecule has 0 fully saturated rings. The van der Waals surface area contributed by atoms with Gasteiger partial charge in [0.15, 0.2) is 0 Å². The number of hydrogen-bond donors (Lipinski definition) is 1. The van der Waals surface area contributed by atoms with Gasteiger partial charge in [-0.15, -0.1) is 5.10 Å². The van der Waals surface area contributed by atoms with Gasteiger partial charge in [-0.1, -0.05) is 11.3 Å². The molecule has 19 heavy (non-hydrogen) atoms. The average molecular weight is 265 g/mol. The molecule has 7 heteroatoms. The number of aromatic nitrogens is 3. The Hall–Kier alpha value is -1.99. The summed E-state index contributed by atoms with van der Waals surface area (Å²) in [5.41, 5.74) is 1.24. The summed E-state index contributed by atoms with van der Waals surface area (Å²) in [7, 11) is 1.61. The van der Waals surface area contributed by atoms with Crippen molar-refractivity contribution in [2.45, 2.75) is 6.54 Å². The predicted octanol–water partition coefficient (Wildman–Crippen LogP) is 0.792. The average Bonchev–Trinajstić information content (AvgIpc) is 2.81. The van der Waals surface area contributed by atoms with Crippen molar-refractivity contribution in [3.8, 4) is 0 Å². The molecule has 0 saturated heterocycles. The van der Waals surface area contributed by atoms with Crippen LogP contribution in [-0.4, -0.2) is 53.0 Å². The number of ether oxygens (including phenoxy) is 2. The number of nitrogens with zero attached hydrogens (tertiary/aromatic N) is 3. The minimum atomic E-state index is -1.01. The summed E-state index contributed by atoms with van der Waals surface area (Å²) in [5, 5.41) is 16.9. The summed E-state index contributed by atoms with van der Waals surface area (Å²) in [6.45, 7) is 2.05. The fourth-order valence-electron chi connectivity index (χ4n) is 1.72. The maximum Gasteiger partial charge on any atom is 0.338 e. The van der Waals surface area contributed by atoms with E-state index >= 15 is 0 Å². The molecule has 1 heterocycles. The van der Waals surface area contributed by atoms with Crippen molar-refractivity contribution in [3.63, 3.8) is 0 Å². The van der Waals surface area contributed by atoms with Gasteiger partial charge in [0.2, 0.25) is 0 Å². The minimum absolute atomic E-state index is 0.157. The standard InChI is InChI=1S/C12H15N3O4/c1-18-7-8-19-6-5-15-10-4-2-3-9(12(16)17)11(10)13-14-15/h2-4H,5-8H2,1H3,(H,16,17). The Bertz CT molecular complexity index is 567. The third kappa shape index (κ3) is 3.07. The topological polar surface area (TPSA) is 86.5 Å². The second kappa shape index (κ2) is 6.26. The van der Waals surface area contributed by atoms with Gasteiger partial charge in [0.1, 0.15) is 5.52 Å². The highest BCUT2D eigenvalue weighted by atomic mass is 16.5. The molecule has 1 aromatic heterocycles. The first-order valence-corrected chi connectivity index (χ1v) is 5.86. The van der Waals surface area contributed by atoms with Crippen molar-refractivity contribution in [3.05, 3.63) is 23.8 Å². The van der Waals surface area contributed by atoms with Crippen LogP contribution in [0, 0.1) is 0 Å². The molecular formula is C12H15N3O4. The highest BCUT2D eigenvalue weighted by Crippen LogP contribution is 2.15. The number of hydrogen-bond acceptors (Lipinski definition) is 5. The number of carboxylic acids is 1. The molecule has 0 aliphatic rings. The zero-order valence-corrected chi connectivity index (χ0v) is 10.6. The van der Waals surface area contributed by atoms with E-state index in [1.165, 1.54) is 6.07 Å². The lowest BCUT2D eigenvalue weighted by Gasteiger charge is -2.04. The molecule has 0 radical (unpaired) electrons. The summed E-state index contributed by atoms with van der Waals surface area (Å²) in [4.78, 5) is 11.0. The second-order valence-electron chi connectivity index (χ2n) is 3.90. The first-order valence-electron chi connectivity index (χ1n) is 5.86. The van der Waals surface area contributed by atoms with Crippen LogP contribution in [0.2, 0.25) is 0 Å². The number of rotatable bonds is 7. The molecule has 7 nitrogen and oxygen atoms in total. The molecule has 2 rings (SSSR count). The van der Waals surface area contributed by atoms with Gasteiger partial charge in [0.05, 0.1) is 37.4 Å². The smallest absolute Gasteiger partial charge is 0.338 e. The molecule has 0 unspecified atom stereocenters. The van der Waals surface area contributed by atoms with Crippen molar-refractivity contribution < 1.29 is 19.4 Å². The zero-order chi connectivity index (χ0) is 13.7. The Morgan fingerprint density at radius 2 is 2.21 bits per heavy atom. The molecule has 0 saturated carbocycles. The number of carbonyl (C=O) groups is 1. The molecule has 0 aliphatic heterocycles. The van der Waals surface area contributed by atoms with E-state index in [2.05, 4.69) is 10.3 Å². The fourth-order valence-corrected chi connectivity index (χ4v) is 1.72. The van der Waals surface area contributed by atoms with E-state index in [0.29, 0.717) is 37.4 Å². The summed E-state index contributed by atoms with van der Waals surface area (Å²) in [6.07, 6.45) is 0. The number of carboxylic acid groups (broad SMARTS) is 1. The molecule has 0 aliphatic carbocycles. The maximum atomic E-state index is 11.0. The van der Waals surface area contributed by atoms with Gasteiger partial charge >= 0.3 is 5.97 Å². The summed E-state index contributed by atoms with van der Waals surface area (Å²) in [6, 6.07) is 4.98. The summed E-state index contributed by atoms with van der Waals surface area (Å²) < 4.78 is 11.8. The minimum Gasteiger partial charge on any atom is -0.478 e. The molecule has 1 aromatic carbocycles. The number of fused-ring (bicyclic) bond motifs is 1. The largest absolute Gasteiger partial charge is 0.478 e. The van der Waals surface area contributed by atoms with Crippen LogP contribution >= 0.6 is 0 Å². The van der Waals surface area contributed by atoms with Gasteiger partial charge in [-0.2, -0.15) is 0 Å². The van der Waals surface area contributed by atoms with E-state index in [0.717, 1.165) is 0 Å². The third-order valence-electron chi connectivity index (χ3n) is 2.66. The molecule has 0 atom stereocenters. The van der Waals surface area contributed by atoms with Crippen LogP contribution in [0.25, 0.3) is 11.0 Å². The highest BCUT2D eigenvalue weighted by Gasteiger charge is 2.13. The SMILES string of the molecule is COCCOCCn1nnc2c(C(=O)O)cccc21. The monoisotopic (exact) mass is 265 g/mol. The Kier molecular flexibility index (Phi) is 4.43. The van der Waals surface area contributed by atoms with Crippen molar-refractivity contribution in [1.82, 2.24) is 15.0 Å². The van der Waals surface area contributed by atoms with Gasteiger partial charge in [0, 0.05) is 7.11 Å². The van der Waals surface area contributed by atoms with Crippen molar-refractivity contribution >= 4 is 17.0 Å². The van der Waals surface area contributed by atoms with E-state index in [9.17, 15) is 4.79 Å². The van der Waals surface area contributed by atoms with Gasteiger partial charge < -0.3 is 14.6 Å². The lowest BCUT2D eigenvalue weighted by atomic mass is 10.2. The number of benzene rings is 1. The van der Waals surface area contributed by atoms with Crippen LogP contribution in [0.5, 0.6) is 0 Å². The van der Waals surface area contributed by atoms with Gasteiger partial charge in [-0.3, -0.25) is 0 Å². The van der Waals surface area contributed by atoms with Crippen molar-refractivity contribution in [1.29, 1.82) is 0 Å². The van der Waals surface area contributed by atoms with Gasteiger partial charge in [-0.05, 0) is 12.1 Å². The third-order valence-corrected chi connectivity index (χ3v) is 2.66. The van der Waals surface area contributed by atoms with Gasteiger partial charge in [0.25, 0.3) is 0 Å². The Morgan fingerprint density at radius 3 is 2.95 bits per heavy atom. The van der Waals surface area contributed by atoms with E-state index in [4.69, 9.17) is 14.6 Å². The summed E-state index contributed by atoms with van der Waals surface area (Å²) in [5.74, 6) is -1.01. The molecule has 2 aromatic rings. The Morgan fingerprint density at radius 1 is 1.37 bits per heavy atom. The first kappa shape index (κ1) is 13.4. The van der Waals surface area contributed by atoms with Gasteiger partial charge in [-0.25, -0.2) is 9.48 Å². The molecule has 0 amide bonds. The highest BCUT2D eigenvalue weighted by molar-refractivity contribution is 6.00. The van der Waals surface area contributed by atoms with Crippen LogP contribution in [-0.2, 0) is 16.0 Å². The molecule has 1 N–H and O–H groups in total. The maximum absolute atomic E-state index is 11.0. The lowest BCUT2D eigenvalue weighted by molar-refractivity contribution is 0.0656. The van der Waals surface area contributed by atoms with Crippen molar-refractivity contribution in [2.24, 2.45) is 0 Å². The summed E-state index contributed by atoms with van der Waals surface area (Å²) >= 11 is 0. The van der Waals surface area contributed by atoms with E-state index in [-0.39, 0.29) is 5.56 Å². The normalized spacial score (nSPS) is 11.0. The van der Waals surface area contributed by atoms with Crippen LogP contribution in [0.3, 0.4) is 0 Å². The zero-order valence-electron chi connectivity index (χ0n) is 10.6. The Labute approximate surface area is 109 Å². The van der Waals surface area contributed by atoms with Crippen LogP contribution in [0.4, 0.5) is 0 Å². The van der Waals surface area contributed by atoms with E-state index < -0.39 is 5.97 Å². The van der Waals surface area contributed by atoms with Crippen molar-refractivity contribution in [2.75, 3.05) is 26.9 Å². The van der Waals surface area contributed by atoms with Crippen LogP contribution in [0.15, 0.2) is 18.2 Å².